The molecule has 0 aromatic carbocycles. The summed E-state index contributed by atoms with van der Waals surface area (Å²) in [7, 11) is 0. The highest BCUT2D eigenvalue weighted by molar-refractivity contribution is 5.86. The standard InChI is InChI=1S/C57H112O2/c1-3-5-7-9-11-13-15-17-19-21-23-24-25-26-27-28-29-30-31-32-33-34-35-37-39-41-43-45-47-49-51-53-55-56(57(58)59)54-52-50-48-46-44-42-40-38-36-22-20-18-16-14-12-10-8-6-4-2/h54H,3-53,55H2,1-2H3,(H,58,59). The largest absolute Gasteiger partial charge is 0.478 e. The lowest BCUT2D eigenvalue weighted by Crippen LogP contribution is -2.00. The summed E-state index contributed by atoms with van der Waals surface area (Å²) in [4.78, 5) is 11.8. The number of hydrogen-bond acceptors (Lipinski definition) is 1. The van der Waals surface area contributed by atoms with Crippen LogP contribution >= 0.6 is 0 Å². The summed E-state index contributed by atoms with van der Waals surface area (Å²) in [6, 6.07) is 0. The summed E-state index contributed by atoms with van der Waals surface area (Å²) >= 11 is 0. The molecule has 0 radical (unpaired) electrons. The third-order valence-electron chi connectivity index (χ3n) is 13.5. The number of hydrogen-bond donors (Lipinski definition) is 1. The number of carbonyl (C=O) groups is 1. The van der Waals surface area contributed by atoms with Gasteiger partial charge in [-0.15, -0.1) is 0 Å². The van der Waals surface area contributed by atoms with Gasteiger partial charge in [0.05, 0.1) is 0 Å². The predicted molar refractivity (Wildman–Crippen MR) is 267 cm³/mol. The quantitative estimate of drug-likeness (QED) is 0.0490. The zero-order valence-electron chi connectivity index (χ0n) is 41.2. The molecule has 0 aliphatic heterocycles. The van der Waals surface area contributed by atoms with E-state index in [1.165, 1.54) is 308 Å². The topological polar surface area (TPSA) is 37.3 Å². The van der Waals surface area contributed by atoms with E-state index in [4.69, 9.17) is 0 Å². The number of allylic oxidation sites excluding steroid dienone is 1. The molecule has 1 N–H and O–H groups in total. The van der Waals surface area contributed by atoms with Crippen LogP contribution in [0.2, 0.25) is 0 Å². The smallest absolute Gasteiger partial charge is 0.331 e. The van der Waals surface area contributed by atoms with Crippen LogP contribution in [0.5, 0.6) is 0 Å². The van der Waals surface area contributed by atoms with Gasteiger partial charge in [-0.3, -0.25) is 0 Å². The number of aliphatic carboxylic acids is 1. The van der Waals surface area contributed by atoms with Crippen LogP contribution in [0, 0.1) is 0 Å². The van der Waals surface area contributed by atoms with E-state index >= 15 is 0 Å². The van der Waals surface area contributed by atoms with Crippen molar-refractivity contribution >= 4 is 5.97 Å². The highest BCUT2D eigenvalue weighted by Crippen LogP contribution is 2.19. The maximum Gasteiger partial charge on any atom is 0.331 e. The molecule has 0 rings (SSSR count). The molecule has 0 fully saturated rings. The van der Waals surface area contributed by atoms with Gasteiger partial charge in [-0.25, -0.2) is 4.79 Å². The SMILES string of the molecule is CCCCCCCCCCCCCCCCCCCCC=C(CCCCCCCCCCCCCCCCCCCCCCCCCCCCCCCCCC)C(=O)O. The highest BCUT2D eigenvalue weighted by Gasteiger charge is 2.06. The van der Waals surface area contributed by atoms with Crippen molar-refractivity contribution in [2.24, 2.45) is 0 Å². The maximum absolute atomic E-state index is 11.8. The van der Waals surface area contributed by atoms with Crippen molar-refractivity contribution in [1.29, 1.82) is 0 Å². The lowest BCUT2D eigenvalue weighted by Gasteiger charge is -2.05. The van der Waals surface area contributed by atoms with E-state index in [1.54, 1.807) is 0 Å². The van der Waals surface area contributed by atoms with Gasteiger partial charge in [0.1, 0.15) is 0 Å². The molecule has 0 heterocycles. The Balaban J connectivity index is 3.33. The average molecular weight is 830 g/mol. The number of rotatable bonds is 53. The lowest BCUT2D eigenvalue weighted by molar-refractivity contribution is -0.132. The van der Waals surface area contributed by atoms with Gasteiger partial charge in [-0.05, 0) is 25.7 Å². The molecule has 0 amide bonds. The van der Waals surface area contributed by atoms with Crippen molar-refractivity contribution < 1.29 is 9.90 Å². The van der Waals surface area contributed by atoms with Crippen LogP contribution in [-0.2, 0) is 4.79 Å². The van der Waals surface area contributed by atoms with E-state index < -0.39 is 5.97 Å². The Labute approximate surface area is 373 Å². The Hall–Kier alpha value is -0.790. The van der Waals surface area contributed by atoms with Crippen LogP contribution in [-0.4, -0.2) is 11.1 Å². The summed E-state index contributed by atoms with van der Waals surface area (Å²) in [5, 5.41) is 9.67. The second kappa shape index (κ2) is 53.3. The summed E-state index contributed by atoms with van der Waals surface area (Å²) in [5.74, 6) is -0.687. The molecule has 0 aromatic rings. The van der Waals surface area contributed by atoms with Crippen molar-refractivity contribution in [2.45, 2.75) is 348 Å². The van der Waals surface area contributed by atoms with Crippen molar-refractivity contribution in [1.82, 2.24) is 0 Å². The summed E-state index contributed by atoms with van der Waals surface area (Å²) in [6.45, 7) is 4.60. The first-order valence-corrected chi connectivity index (χ1v) is 28.1. The number of carboxylic acid groups (broad SMARTS) is 1. The van der Waals surface area contributed by atoms with Gasteiger partial charge >= 0.3 is 5.97 Å². The predicted octanol–water partition coefficient (Wildman–Crippen LogP) is 21.3. The Kier molecular flexibility index (Phi) is 52.6. The van der Waals surface area contributed by atoms with Gasteiger partial charge < -0.3 is 5.11 Å². The normalized spacial score (nSPS) is 11.9. The minimum atomic E-state index is -0.687. The summed E-state index contributed by atoms with van der Waals surface area (Å²) < 4.78 is 0. The molecular formula is C57H112O2. The fourth-order valence-corrected chi connectivity index (χ4v) is 9.31. The van der Waals surface area contributed by atoms with Crippen LogP contribution in [0.15, 0.2) is 11.6 Å². The first kappa shape index (κ1) is 58.2. The Morgan fingerprint density at radius 1 is 0.271 bits per heavy atom. The molecule has 0 saturated carbocycles. The first-order chi connectivity index (χ1) is 29.2. The minimum absolute atomic E-state index is 0.669. The fraction of sp³-hybridized carbons (Fsp3) is 0.947. The molecule has 0 aromatic heterocycles. The van der Waals surface area contributed by atoms with Gasteiger partial charge in [-0.2, -0.15) is 0 Å². The zero-order chi connectivity index (χ0) is 42.6. The first-order valence-electron chi connectivity index (χ1n) is 28.1. The molecule has 0 aliphatic rings. The molecule has 352 valence electrons. The number of carboxylic acids is 1. The Morgan fingerprint density at radius 3 is 0.627 bits per heavy atom. The Morgan fingerprint density at radius 2 is 0.441 bits per heavy atom. The molecule has 0 spiro atoms. The molecule has 0 aliphatic carbocycles. The van der Waals surface area contributed by atoms with E-state index in [2.05, 4.69) is 13.8 Å². The van der Waals surface area contributed by atoms with Crippen molar-refractivity contribution in [2.75, 3.05) is 0 Å². The molecular weight excluding hydrogens is 717 g/mol. The molecule has 0 atom stereocenters. The van der Waals surface area contributed by atoms with E-state index in [0.29, 0.717) is 5.57 Å². The van der Waals surface area contributed by atoms with Gasteiger partial charge in [0.2, 0.25) is 0 Å². The third-order valence-corrected chi connectivity index (χ3v) is 13.5. The van der Waals surface area contributed by atoms with Gasteiger partial charge in [-0.1, -0.05) is 328 Å². The van der Waals surface area contributed by atoms with Crippen LogP contribution in [0.3, 0.4) is 0 Å². The van der Waals surface area contributed by atoms with E-state index in [-0.39, 0.29) is 0 Å². The third kappa shape index (κ3) is 51.5. The van der Waals surface area contributed by atoms with Crippen LogP contribution in [0.1, 0.15) is 348 Å². The van der Waals surface area contributed by atoms with Crippen LogP contribution in [0.25, 0.3) is 0 Å². The average Bonchev–Trinajstić information content (AvgIpc) is 3.24. The van der Waals surface area contributed by atoms with Gasteiger partial charge in [0, 0.05) is 5.57 Å². The molecule has 0 unspecified atom stereocenters. The Bertz CT molecular complexity index is 800. The molecule has 2 nitrogen and oxygen atoms in total. The summed E-state index contributed by atoms with van der Waals surface area (Å²) in [5.41, 5.74) is 0.669. The highest BCUT2D eigenvalue weighted by atomic mass is 16.4. The van der Waals surface area contributed by atoms with Crippen LogP contribution in [0.4, 0.5) is 0 Å². The summed E-state index contributed by atoms with van der Waals surface area (Å²) in [6.07, 6.45) is 74.3. The second-order valence-corrected chi connectivity index (χ2v) is 19.5. The minimum Gasteiger partial charge on any atom is -0.478 e. The number of unbranched alkanes of at least 4 members (excludes halogenated alkanes) is 49. The van der Waals surface area contributed by atoms with E-state index in [1.807, 2.05) is 6.08 Å². The molecule has 0 saturated heterocycles. The second-order valence-electron chi connectivity index (χ2n) is 19.5. The zero-order valence-corrected chi connectivity index (χ0v) is 41.2. The van der Waals surface area contributed by atoms with Crippen molar-refractivity contribution in [3.05, 3.63) is 11.6 Å². The van der Waals surface area contributed by atoms with Crippen LogP contribution < -0.4 is 0 Å². The lowest BCUT2D eigenvalue weighted by atomic mass is 10.0. The van der Waals surface area contributed by atoms with Crippen molar-refractivity contribution in [3.63, 3.8) is 0 Å². The maximum atomic E-state index is 11.8. The molecule has 2 heteroatoms. The monoisotopic (exact) mass is 829 g/mol. The van der Waals surface area contributed by atoms with Crippen molar-refractivity contribution in [3.8, 4) is 0 Å². The fourth-order valence-electron chi connectivity index (χ4n) is 9.31. The molecule has 59 heavy (non-hydrogen) atoms. The van der Waals surface area contributed by atoms with E-state index in [9.17, 15) is 9.90 Å². The molecule has 0 bridgehead atoms. The van der Waals surface area contributed by atoms with Gasteiger partial charge in [0.25, 0.3) is 0 Å². The van der Waals surface area contributed by atoms with Gasteiger partial charge in [0.15, 0.2) is 0 Å². The van der Waals surface area contributed by atoms with E-state index in [0.717, 1.165) is 25.7 Å².